The number of rotatable bonds is 5. The number of hydrogen-bond acceptors (Lipinski definition) is 6. The number of amides is 1. The van der Waals surface area contributed by atoms with E-state index in [9.17, 15) is 18.0 Å². The number of esters is 1. The normalized spacial score (nSPS) is 39.0. The van der Waals surface area contributed by atoms with Crippen molar-refractivity contribution in [2.45, 2.75) is 64.4 Å². The highest BCUT2D eigenvalue weighted by Gasteiger charge is 2.70. The number of fused-ring (bicyclic) bond motifs is 1. The largest absolute Gasteiger partial charge is 0.458 e. The van der Waals surface area contributed by atoms with E-state index in [2.05, 4.69) is 5.32 Å². The lowest BCUT2D eigenvalue weighted by molar-refractivity contribution is -0.160. The molecule has 2 saturated carbocycles. The first-order valence-electron chi connectivity index (χ1n) is 8.40. The summed E-state index contributed by atoms with van der Waals surface area (Å²) in [6.45, 7) is 7.25. The Morgan fingerprint density at radius 2 is 2.00 bits per heavy atom. The van der Waals surface area contributed by atoms with Gasteiger partial charge in [0.1, 0.15) is 18.8 Å². The fourth-order valence-corrected chi connectivity index (χ4v) is 6.11. The van der Waals surface area contributed by atoms with Crippen LogP contribution in [0.25, 0.3) is 0 Å². The van der Waals surface area contributed by atoms with Crippen molar-refractivity contribution in [3.8, 4) is 0 Å². The lowest BCUT2D eigenvalue weighted by Gasteiger charge is -2.32. The van der Waals surface area contributed by atoms with Crippen molar-refractivity contribution in [3.05, 3.63) is 0 Å². The van der Waals surface area contributed by atoms with Gasteiger partial charge in [-0.15, -0.1) is 0 Å². The van der Waals surface area contributed by atoms with E-state index in [1.807, 2.05) is 27.7 Å². The van der Waals surface area contributed by atoms with Crippen LogP contribution in [0.3, 0.4) is 0 Å². The summed E-state index contributed by atoms with van der Waals surface area (Å²) >= 11 is 0. The molecule has 1 amide bonds. The van der Waals surface area contributed by atoms with E-state index in [0.29, 0.717) is 19.3 Å². The van der Waals surface area contributed by atoms with Crippen LogP contribution in [-0.2, 0) is 28.6 Å². The maximum Gasteiger partial charge on any atom is 0.325 e. The van der Waals surface area contributed by atoms with E-state index >= 15 is 0 Å². The monoisotopic (exact) mass is 359 g/mol. The van der Waals surface area contributed by atoms with Crippen molar-refractivity contribution in [1.82, 2.24) is 5.32 Å². The average molecular weight is 359 g/mol. The standard InChI is InChI=1S/C16H25NO6S/c1-5-15(2,3)14(19)17-8-11(18)22-13-12-9-6-16(13,4)7-10(9)24(20,21)23-12/h9-10,12-13H,5-8H2,1-4H3,(H,17,19). The molecule has 1 saturated heterocycles. The molecule has 0 aromatic heterocycles. The van der Waals surface area contributed by atoms with Crippen molar-refractivity contribution in [3.63, 3.8) is 0 Å². The lowest BCUT2D eigenvalue weighted by Crippen LogP contribution is -2.45. The Bertz CT molecular complexity index is 672. The summed E-state index contributed by atoms with van der Waals surface area (Å²) in [6, 6.07) is 0. The van der Waals surface area contributed by atoms with Crippen LogP contribution in [0.1, 0.15) is 47.0 Å². The van der Waals surface area contributed by atoms with Crippen molar-refractivity contribution < 1.29 is 26.9 Å². The lowest BCUT2D eigenvalue weighted by atomic mass is 9.82. The molecule has 24 heavy (non-hydrogen) atoms. The summed E-state index contributed by atoms with van der Waals surface area (Å²) in [5.41, 5.74) is -0.916. The van der Waals surface area contributed by atoms with Crippen molar-refractivity contribution in [2.24, 2.45) is 16.7 Å². The number of ether oxygens (including phenoxy) is 1. The van der Waals surface area contributed by atoms with Crippen LogP contribution in [0.5, 0.6) is 0 Å². The smallest absolute Gasteiger partial charge is 0.325 e. The first-order valence-corrected chi connectivity index (χ1v) is 9.87. The molecule has 3 fully saturated rings. The van der Waals surface area contributed by atoms with Gasteiger partial charge in [-0.25, -0.2) is 0 Å². The highest BCUT2D eigenvalue weighted by atomic mass is 32.2. The first-order chi connectivity index (χ1) is 11.0. The minimum atomic E-state index is -3.55. The average Bonchev–Trinajstić information content (AvgIpc) is 3.03. The zero-order chi connectivity index (χ0) is 17.9. The number of carbonyl (C=O) groups is 2. The van der Waals surface area contributed by atoms with Gasteiger partial charge in [0.2, 0.25) is 5.91 Å². The van der Waals surface area contributed by atoms with Gasteiger partial charge in [0.25, 0.3) is 10.1 Å². The van der Waals surface area contributed by atoms with E-state index in [4.69, 9.17) is 8.92 Å². The van der Waals surface area contributed by atoms with Gasteiger partial charge >= 0.3 is 5.97 Å². The van der Waals surface area contributed by atoms with Gasteiger partial charge in [-0.1, -0.05) is 27.7 Å². The minimum Gasteiger partial charge on any atom is -0.458 e. The molecule has 5 unspecified atom stereocenters. The summed E-state index contributed by atoms with van der Waals surface area (Å²) in [5, 5.41) is 2.13. The van der Waals surface area contributed by atoms with Crippen LogP contribution in [0.15, 0.2) is 0 Å². The van der Waals surface area contributed by atoms with Crippen LogP contribution >= 0.6 is 0 Å². The summed E-state index contributed by atoms with van der Waals surface area (Å²) in [5.74, 6) is -0.856. The Balaban J connectivity index is 1.61. The van der Waals surface area contributed by atoms with Crippen LogP contribution < -0.4 is 5.32 Å². The third-order valence-corrected chi connectivity index (χ3v) is 7.77. The molecular formula is C16H25NO6S. The Morgan fingerprint density at radius 1 is 1.33 bits per heavy atom. The Hall–Kier alpha value is -1.15. The molecule has 1 aliphatic heterocycles. The zero-order valence-corrected chi connectivity index (χ0v) is 15.3. The maximum absolute atomic E-state index is 12.1. The van der Waals surface area contributed by atoms with Gasteiger partial charge in [0.15, 0.2) is 0 Å². The third-order valence-electron chi connectivity index (χ3n) is 6.02. The van der Waals surface area contributed by atoms with Gasteiger partial charge in [0, 0.05) is 16.7 Å². The number of hydrogen-bond donors (Lipinski definition) is 1. The van der Waals surface area contributed by atoms with E-state index in [1.54, 1.807) is 0 Å². The molecule has 2 aliphatic carbocycles. The molecule has 2 bridgehead atoms. The van der Waals surface area contributed by atoms with Crippen molar-refractivity contribution in [2.75, 3.05) is 6.54 Å². The van der Waals surface area contributed by atoms with Crippen LogP contribution in [0.2, 0.25) is 0 Å². The predicted octanol–water partition coefficient (Wildman–Crippen LogP) is 0.978. The number of carbonyl (C=O) groups excluding carboxylic acids is 2. The van der Waals surface area contributed by atoms with Crippen molar-refractivity contribution >= 4 is 22.0 Å². The summed E-state index contributed by atoms with van der Waals surface area (Å²) < 4.78 is 34.7. The molecule has 1 N–H and O–H groups in total. The second kappa shape index (κ2) is 5.42. The quantitative estimate of drug-likeness (QED) is 0.580. The highest BCUT2D eigenvalue weighted by molar-refractivity contribution is 7.87. The number of nitrogens with one attached hydrogen (secondary N) is 1. The molecule has 3 rings (SSSR count). The molecule has 3 aliphatic rings. The maximum atomic E-state index is 12.1. The van der Waals surface area contributed by atoms with Crippen molar-refractivity contribution in [1.29, 1.82) is 0 Å². The third kappa shape index (κ3) is 2.63. The van der Waals surface area contributed by atoms with E-state index in [-0.39, 0.29) is 23.8 Å². The summed E-state index contributed by atoms with van der Waals surface area (Å²) in [4.78, 5) is 24.1. The Labute approximate surface area is 142 Å². The van der Waals surface area contributed by atoms with Gasteiger partial charge in [-0.05, 0) is 19.3 Å². The SMILES string of the molecule is CCC(C)(C)C(=O)NCC(=O)OC1C2OS(=O)(=O)C3CC1(C)CC23. The molecular weight excluding hydrogens is 334 g/mol. The molecule has 0 aromatic carbocycles. The second-order valence-electron chi connectivity index (χ2n) is 8.15. The highest BCUT2D eigenvalue weighted by Crippen LogP contribution is 2.62. The fraction of sp³-hybridized carbons (Fsp3) is 0.875. The van der Waals surface area contributed by atoms with Gasteiger partial charge < -0.3 is 10.1 Å². The van der Waals surface area contributed by atoms with Gasteiger partial charge in [-0.3, -0.25) is 13.8 Å². The molecule has 1 heterocycles. The van der Waals surface area contributed by atoms with Crippen LogP contribution in [0, 0.1) is 16.7 Å². The van der Waals surface area contributed by atoms with Gasteiger partial charge in [-0.2, -0.15) is 8.42 Å². The van der Waals surface area contributed by atoms with E-state index in [1.165, 1.54) is 0 Å². The van der Waals surface area contributed by atoms with E-state index < -0.39 is 39.0 Å². The minimum absolute atomic E-state index is 0.0913. The summed E-state index contributed by atoms with van der Waals surface area (Å²) in [6.07, 6.45) is 0.661. The Kier molecular flexibility index (Phi) is 3.99. The predicted molar refractivity (Wildman–Crippen MR) is 85.4 cm³/mol. The molecule has 0 spiro atoms. The molecule has 7 nitrogen and oxygen atoms in total. The fourth-order valence-electron chi connectivity index (χ4n) is 4.15. The zero-order valence-electron chi connectivity index (χ0n) is 14.5. The summed E-state index contributed by atoms with van der Waals surface area (Å²) in [7, 11) is -3.55. The molecule has 5 atom stereocenters. The van der Waals surface area contributed by atoms with Crippen LogP contribution in [-0.4, -0.2) is 44.3 Å². The Morgan fingerprint density at radius 3 is 2.62 bits per heavy atom. The van der Waals surface area contributed by atoms with Gasteiger partial charge in [0.05, 0.1) is 5.25 Å². The van der Waals surface area contributed by atoms with E-state index in [0.717, 1.165) is 0 Å². The second-order valence-corrected chi connectivity index (χ2v) is 9.93. The molecule has 8 heteroatoms. The molecule has 0 aromatic rings. The first kappa shape index (κ1) is 17.7. The van der Waals surface area contributed by atoms with Crippen LogP contribution in [0.4, 0.5) is 0 Å². The topological polar surface area (TPSA) is 98.8 Å². The molecule has 136 valence electrons. The molecule has 0 radical (unpaired) electrons.